The Hall–Kier alpha value is -1.57. The van der Waals surface area contributed by atoms with Crippen LogP contribution in [-0.2, 0) is 9.05 Å². The molecule has 106 valence electrons. The van der Waals surface area contributed by atoms with E-state index in [0.29, 0.717) is 11.3 Å². The lowest BCUT2D eigenvalue weighted by Gasteiger charge is -2.11. The Labute approximate surface area is 124 Å². The second-order valence-electron chi connectivity index (χ2n) is 3.96. The monoisotopic (exact) mass is 333 g/mol. The summed E-state index contributed by atoms with van der Waals surface area (Å²) < 4.78 is 22.5. The van der Waals surface area contributed by atoms with Crippen molar-refractivity contribution in [2.75, 3.05) is 5.32 Å². The van der Waals surface area contributed by atoms with Gasteiger partial charge in [-0.3, -0.25) is 9.89 Å². The van der Waals surface area contributed by atoms with Crippen LogP contribution in [0.5, 0.6) is 0 Å². The van der Waals surface area contributed by atoms with Crippen molar-refractivity contribution in [3.63, 3.8) is 0 Å². The molecule has 0 aliphatic heterocycles. The van der Waals surface area contributed by atoms with E-state index in [1.165, 1.54) is 24.4 Å². The van der Waals surface area contributed by atoms with Crippen LogP contribution in [0.3, 0.4) is 0 Å². The molecule has 1 heterocycles. The summed E-state index contributed by atoms with van der Waals surface area (Å²) in [6.07, 6.45) is 1.44. The Morgan fingerprint density at radius 3 is 2.60 bits per heavy atom. The van der Waals surface area contributed by atoms with E-state index in [1.807, 2.05) is 0 Å². The van der Waals surface area contributed by atoms with Crippen LogP contribution >= 0.6 is 22.3 Å². The molecule has 0 aliphatic rings. The van der Waals surface area contributed by atoms with Gasteiger partial charge in [-0.1, -0.05) is 11.6 Å². The minimum absolute atomic E-state index is 0.0806. The van der Waals surface area contributed by atoms with Gasteiger partial charge in [0.2, 0.25) is 0 Å². The molecular weight excluding hydrogens is 325 g/mol. The van der Waals surface area contributed by atoms with Crippen LogP contribution in [0.2, 0.25) is 5.02 Å². The molecule has 0 saturated carbocycles. The molecule has 2 N–H and O–H groups in total. The van der Waals surface area contributed by atoms with Gasteiger partial charge in [0.1, 0.15) is 5.69 Å². The molecule has 9 heteroatoms. The number of aromatic amines is 1. The first kappa shape index (κ1) is 14.8. The van der Waals surface area contributed by atoms with E-state index < -0.39 is 15.0 Å². The van der Waals surface area contributed by atoms with Crippen molar-refractivity contribution in [2.24, 2.45) is 0 Å². The number of rotatable bonds is 3. The maximum Gasteiger partial charge on any atom is 0.273 e. The summed E-state index contributed by atoms with van der Waals surface area (Å²) in [6.45, 7) is 1.61. The Kier molecular flexibility index (Phi) is 4.03. The van der Waals surface area contributed by atoms with Gasteiger partial charge in [-0.2, -0.15) is 5.10 Å². The lowest BCUT2D eigenvalue weighted by molar-refractivity contribution is 0.102. The van der Waals surface area contributed by atoms with Crippen LogP contribution in [-0.4, -0.2) is 24.5 Å². The molecule has 1 amide bonds. The number of carbonyl (C=O) groups excluding carboxylic acids is 1. The average molecular weight is 334 g/mol. The van der Waals surface area contributed by atoms with E-state index in [2.05, 4.69) is 15.5 Å². The Morgan fingerprint density at radius 1 is 1.40 bits per heavy atom. The van der Waals surface area contributed by atoms with Gasteiger partial charge in [0.05, 0.1) is 15.6 Å². The van der Waals surface area contributed by atoms with Gasteiger partial charge < -0.3 is 5.32 Å². The molecule has 2 rings (SSSR count). The maximum absolute atomic E-state index is 11.9. The van der Waals surface area contributed by atoms with Crippen molar-refractivity contribution >= 4 is 42.9 Å². The zero-order valence-electron chi connectivity index (χ0n) is 10.1. The number of carbonyl (C=O) groups is 1. The van der Waals surface area contributed by atoms with Crippen LogP contribution in [0.15, 0.2) is 29.3 Å². The quantitative estimate of drug-likeness (QED) is 0.844. The van der Waals surface area contributed by atoms with E-state index in [9.17, 15) is 13.2 Å². The molecule has 0 atom stereocenters. The number of aryl methyl sites for hydroxylation is 1. The lowest BCUT2D eigenvalue weighted by atomic mass is 10.2. The van der Waals surface area contributed by atoms with Gasteiger partial charge in [-0.05, 0) is 30.7 Å². The molecule has 0 saturated heterocycles. The van der Waals surface area contributed by atoms with Crippen LogP contribution in [0.1, 0.15) is 16.1 Å². The minimum atomic E-state index is -3.88. The van der Waals surface area contributed by atoms with Crippen LogP contribution < -0.4 is 5.32 Å². The maximum atomic E-state index is 11.9. The number of nitrogens with one attached hydrogen (secondary N) is 2. The molecule has 1 aromatic carbocycles. The fourth-order valence-electron chi connectivity index (χ4n) is 1.57. The summed E-state index contributed by atoms with van der Waals surface area (Å²) in [5, 5.41) is 8.83. The standard InChI is InChI=1S/C11H9Cl2N3O3S/c1-6-4-7(20(13,18)19)5-8(12)10(6)15-11(17)9-2-3-14-16-9/h2-5H,1H3,(H,14,16)(H,15,17). The topological polar surface area (TPSA) is 91.9 Å². The zero-order valence-corrected chi connectivity index (χ0v) is 12.5. The number of anilines is 1. The summed E-state index contributed by atoms with van der Waals surface area (Å²) >= 11 is 5.98. The molecule has 0 radical (unpaired) electrons. The Morgan fingerprint density at radius 2 is 2.10 bits per heavy atom. The second kappa shape index (κ2) is 5.43. The number of aromatic nitrogens is 2. The van der Waals surface area contributed by atoms with Crippen LogP contribution in [0.25, 0.3) is 0 Å². The number of hydrogen-bond acceptors (Lipinski definition) is 4. The molecule has 2 aromatic rings. The van der Waals surface area contributed by atoms with Crippen LogP contribution in [0.4, 0.5) is 5.69 Å². The fraction of sp³-hybridized carbons (Fsp3) is 0.0909. The third kappa shape index (κ3) is 3.12. The molecule has 6 nitrogen and oxygen atoms in total. The SMILES string of the molecule is Cc1cc(S(=O)(=O)Cl)cc(Cl)c1NC(=O)c1ccn[nH]1. The van der Waals surface area contributed by atoms with Gasteiger partial charge in [0.15, 0.2) is 0 Å². The molecule has 20 heavy (non-hydrogen) atoms. The van der Waals surface area contributed by atoms with Crippen molar-refractivity contribution < 1.29 is 13.2 Å². The van der Waals surface area contributed by atoms with E-state index in [1.54, 1.807) is 6.92 Å². The largest absolute Gasteiger partial charge is 0.319 e. The number of hydrogen-bond donors (Lipinski definition) is 2. The summed E-state index contributed by atoms with van der Waals surface area (Å²) in [5.74, 6) is -0.436. The number of H-pyrrole nitrogens is 1. The highest BCUT2D eigenvalue weighted by molar-refractivity contribution is 8.13. The van der Waals surface area contributed by atoms with Gasteiger partial charge in [-0.15, -0.1) is 0 Å². The third-order valence-electron chi connectivity index (χ3n) is 2.53. The molecule has 1 aromatic heterocycles. The van der Waals surface area contributed by atoms with Crippen LogP contribution in [0, 0.1) is 6.92 Å². The van der Waals surface area contributed by atoms with Crippen molar-refractivity contribution in [2.45, 2.75) is 11.8 Å². The van der Waals surface area contributed by atoms with Crippen molar-refractivity contribution in [1.29, 1.82) is 0 Å². The van der Waals surface area contributed by atoms with Crippen molar-refractivity contribution in [1.82, 2.24) is 10.2 Å². The number of nitrogens with zero attached hydrogens (tertiary/aromatic N) is 1. The normalized spacial score (nSPS) is 11.3. The molecule has 0 bridgehead atoms. The molecule has 0 unspecified atom stereocenters. The summed E-state index contributed by atoms with van der Waals surface area (Å²) in [7, 11) is 1.38. The predicted octanol–water partition coefficient (Wildman–Crippen LogP) is 2.55. The van der Waals surface area contributed by atoms with Gasteiger partial charge in [-0.25, -0.2) is 8.42 Å². The number of benzene rings is 1. The Balaban J connectivity index is 2.37. The summed E-state index contributed by atoms with van der Waals surface area (Å²) in [6, 6.07) is 4.01. The number of amides is 1. The van der Waals surface area contributed by atoms with Gasteiger partial charge in [0, 0.05) is 16.9 Å². The smallest absolute Gasteiger partial charge is 0.273 e. The highest BCUT2D eigenvalue weighted by Gasteiger charge is 2.17. The van der Waals surface area contributed by atoms with Crippen molar-refractivity contribution in [3.05, 3.63) is 40.7 Å². The molecular formula is C11H9Cl2N3O3S. The second-order valence-corrected chi connectivity index (χ2v) is 6.93. The lowest BCUT2D eigenvalue weighted by Crippen LogP contribution is -2.14. The van der Waals surface area contributed by atoms with E-state index in [4.69, 9.17) is 22.3 Å². The fourth-order valence-corrected chi connectivity index (χ4v) is 2.80. The first-order chi connectivity index (χ1) is 9.29. The summed E-state index contributed by atoms with van der Waals surface area (Å²) in [5.41, 5.74) is 1.05. The van der Waals surface area contributed by atoms with E-state index in [0.717, 1.165) is 0 Å². The average Bonchev–Trinajstić information content (AvgIpc) is 2.85. The molecule has 0 spiro atoms. The third-order valence-corrected chi connectivity index (χ3v) is 4.16. The zero-order chi connectivity index (χ0) is 14.9. The van der Waals surface area contributed by atoms with E-state index in [-0.39, 0.29) is 15.6 Å². The first-order valence-electron chi connectivity index (χ1n) is 5.34. The van der Waals surface area contributed by atoms with Crippen molar-refractivity contribution in [3.8, 4) is 0 Å². The highest BCUT2D eigenvalue weighted by Crippen LogP contribution is 2.30. The Bertz CT molecular complexity index is 734. The predicted molar refractivity (Wildman–Crippen MR) is 75.8 cm³/mol. The molecule has 0 fully saturated rings. The number of halogens is 2. The highest BCUT2D eigenvalue weighted by atomic mass is 35.7. The van der Waals surface area contributed by atoms with E-state index >= 15 is 0 Å². The van der Waals surface area contributed by atoms with Gasteiger partial charge >= 0.3 is 0 Å². The first-order valence-corrected chi connectivity index (χ1v) is 8.03. The minimum Gasteiger partial charge on any atom is -0.319 e. The summed E-state index contributed by atoms with van der Waals surface area (Å²) in [4.78, 5) is 11.8. The van der Waals surface area contributed by atoms with Gasteiger partial charge in [0.25, 0.3) is 15.0 Å². The molecule has 0 aliphatic carbocycles.